The number of carbonyl (C=O) groups excluding carboxylic acids is 4. The van der Waals surface area contributed by atoms with Gasteiger partial charge in [0.1, 0.15) is 11.3 Å². The zero-order chi connectivity index (χ0) is 46.4. The summed E-state index contributed by atoms with van der Waals surface area (Å²) >= 11 is 0. The number of likely N-dealkylation sites (tertiary alicyclic amines) is 3. The molecule has 352 valence electrons. The molecule has 4 N–H and O–H groups in total. The molecule has 1 spiro atoms. The maximum Gasteiger partial charge on any atom is 0.251 e. The van der Waals surface area contributed by atoms with Crippen molar-refractivity contribution in [2.45, 2.75) is 135 Å². The smallest absolute Gasteiger partial charge is 0.251 e. The third-order valence-corrected chi connectivity index (χ3v) is 15.1. The molecule has 15 heteroatoms. The zero-order valence-corrected chi connectivity index (χ0v) is 39.4. The van der Waals surface area contributed by atoms with E-state index in [-0.39, 0.29) is 54.0 Å². The maximum absolute atomic E-state index is 15.8. The van der Waals surface area contributed by atoms with Crippen molar-refractivity contribution in [3.05, 3.63) is 65.2 Å². The van der Waals surface area contributed by atoms with Crippen LogP contribution in [0, 0.1) is 18.7 Å². The van der Waals surface area contributed by atoms with Gasteiger partial charge in [-0.2, -0.15) is 0 Å². The van der Waals surface area contributed by atoms with Crippen LogP contribution in [-0.2, 0) is 19.8 Å². The van der Waals surface area contributed by atoms with E-state index in [0.29, 0.717) is 78.0 Å². The lowest BCUT2D eigenvalue weighted by atomic mass is 9.73. The molecule has 1 aliphatic carbocycles. The highest BCUT2D eigenvalue weighted by Crippen LogP contribution is 2.52. The molecular weight excluding hydrogens is 836 g/mol. The zero-order valence-electron chi connectivity index (χ0n) is 39.4. The number of pyridine rings is 1. The van der Waals surface area contributed by atoms with Gasteiger partial charge in [-0.25, -0.2) is 14.4 Å². The molecule has 4 fully saturated rings. The minimum absolute atomic E-state index is 0.0320. The van der Waals surface area contributed by atoms with Crippen molar-refractivity contribution in [1.29, 1.82) is 0 Å². The van der Waals surface area contributed by atoms with E-state index in [1.165, 1.54) is 25.3 Å². The molecule has 6 heterocycles. The van der Waals surface area contributed by atoms with Crippen LogP contribution in [-0.4, -0.2) is 117 Å². The summed E-state index contributed by atoms with van der Waals surface area (Å²) in [5, 5.41) is 6.20. The highest BCUT2D eigenvalue weighted by atomic mass is 19.1. The number of hydrogen-bond donors (Lipinski definition) is 3. The Labute approximate surface area is 387 Å². The first-order valence-electron chi connectivity index (χ1n) is 24.5. The first kappa shape index (κ1) is 45.7. The summed E-state index contributed by atoms with van der Waals surface area (Å²) in [5.74, 6) is -0.0806. The largest absolute Gasteiger partial charge is 0.369 e. The summed E-state index contributed by atoms with van der Waals surface area (Å²) < 4.78 is 17.8. The fourth-order valence-corrected chi connectivity index (χ4v) is 11.5. The summed E-state index contributed by atoms with van der Waals surface area (Å²) in [4.78, 5) is 72.4. The molecule has 66 heavy (non-hydrogen) atoms. The average Bonchev–Trinajstić information content (AvgIpc) is 3.80. The van der Waals surface area contributed by atoms with E-state index in [1.54, 1.807) is 19.3 Å². The molecular formula is C51H67FN10O4. The van der Waals surface area contributed by atoms with Crippen molar-refractivity contribution in [3.63, 3.8) is 0 Å². The fourth-order valence-electron chi connectivity index (χ4n) is 11.5. The van der Waals surface area contributed by atoms with Gasteiger partial charge in [-0.3, -0.25) is 24.1 Å². The molecule has 2 aromatic heterocycles. The minimum atomic E-state index is -0.734. The number of benzene rings is 2. The van der Waals surface area contributed by atoms with E-state index in [1.807, 2.05) is 35.4 Å². The van der Waals surface area contributed by atoms with E-state index in [0.717, 1.165) is 75.1 Å². The Morgan fingerprint density at radius 1 is 0.939 bits per heavy atom. The number of hydrogen-bond acceptors (Lipinski definition) is 9. The molecule has 4 aliphatic heterocycles. The highest BCUT2D eigenvalue weighted by molar-refractivity contribution is 6.09. The summed E-state index contributed by atoms with van der Waals surface area (Å²) in [5.41, 5.74) is 10.5. The normalized spacial score (nSPS) is 22.3. The van der Waals surface area contributed by atoms with Crippen molar-refractivity contribution in [2.75, 3.05) is 56.0 Å². The lowest BCUT2D eigenvalue weighted by Gasteiger charge is -2.48. The molecule has 4 aromatic rings. The highest BCUT2D eigenvalue weighted by Gasteiger charge is 2.56. The first-order valence-corrected chi connectivity index (χ1v) is 24.5. The predicted molar refractivity (Wildman–Crippen MR) is 255 cm³/mol. The van der Waals surface area contributed by atoms with Crippen molar-refractivity contribution < 1.29 is 23.6 Å². The quantitative estimate of drug-likeness (QED) is 0.126. The molecule has 14 nitrogen and oxygen atoms in total. The van der Waals surface area contributed by atoms with Gasteiger partial charge in [-0.05, 0) is 153 Å². The van der Waals surface area contributed by atoms with Crippen LogP contribution in [0.3, 0.4) is 0 Å². The predicted octanol–water partition coefficient (Wildman–Crippen LogP) is 7.21. The molecule has 1 atom stereocenters. The number of primary amides is 1. The molecule has 2 aromatic carbocycles. The van der Waals surface area contributed by atoms with Crippen molar-refractivity contribution in [2.24, 2.45) is 11.7 Å². The van der Waals surface area contributed by atoms with Gasteiger partial charge >= 0.3 is 0 Å². The minimum Gasteiger partial charge on any atom is -0.369 e. The number of rotatable bonds is 13. The van der Waals surface area contributed by atoms with Crippen LogP contribution in [0.4, 0.5) is 21.6 Å². The molecule has 9 rings (SSSR count). The number of amides is 4. The molecule has 1 saturated carbocycles. The Morgan fingerprint density at radius 3 is 2.41 bits per heavy atom. The van der Waals surface area contributed by atoms with Gasteiger partial charge in [-0.15, -0.1) is 0 Å². The number of nitrogens with two attached hydrogens (primary N) is 1. The van der Waals surface area contributed by atoms with E-state index >= 15 is 9.18 Å². The number of aromatic nitrogens is 3. The number of carbonyl (C=O) groups is 4. The van der Waals surface area contributed by atoms with Crippen molar-refractivity contribution in [3.8, 4) is 11.3 Å². The SMILES string of the molecule is Cc1cc(F)c(Nc2nc(-c3ccc4c(c3)N(C3CC(N5CCCCC5)C3)C(=O)C43CCN(C(=O)CCC4CCCN(CC(N)=O)C4)CC3)cc3ncn(C(C)C)c23)cc1C(=O)NC(C)C. The van der Waals surface area contributed by atoms with Crippen LogP contribution in [0.1, 0.15) is 126 Å². The van der Waals surface area contributed by atoms with Crippen LogP contribution in [0.25, 0.3) is 22.3 Å². The number of halogens is 1. The molecule has 3 saturated heterocycles. The second-order valence-corrected chi connectivity index (χ2v) is 20.4. The molecule has 4 amide bonds. The van der Waals surface area contributed by atoms with E-state index < -0.39 is 11.2 Å². The van der Waals surface area contributed by atoms with Crippen LogP contribution in [0.15, 0.2) is 42.7 Å². The lowest BCUT2D eigenvalue weighted by Crippen LogP contribution is -2.58. The number of nitrogens with zero attached hydrogens (tertiary/aromatic N) is 7. The lowest BCUT2D eigenvalue weighted by molar-refractivity contribution is -0.136. The van der Waals surface area contributed by atoms with Gasteiger partial charge in [0.15, 0.2) is 5.82 Å². The Morgan fingerprint density at radius 2 is 1.70 bits per heavy atom. The van der Waals surface area contributed by atoms with Crippen LogP contribution >= 0.6 is 0 Å². The van der Waals surface area contributed by atoms with Gasteiger partial charge in [0, 0.05) is 67.0 Å². The Hall–Kier alpha value is -5.41. The fraction of sp³-hybridized carbons (Fsp3) is 0.569. The van der Waals surface area contributed by atoms with Gasteiger partial charge < -0.3 is 35.6 Å². The number of imidazole rings is 1. The topological polar surface area (TPSA) is 162 Å². The monoisotopic (exact) mass is 903 g/mol. The number of piperidine rings is 3. The molecule has 0 radical (unpaired) electrons. The Bertz CT molecular complexity index is 2500. The van der Waals surface area contributed by atoms with Crippen LogP contribution in [0.2, 0.25) is 0 Å². The third kappa shape index (κ3) is 8.92. The van der Waals surface area contributed by atoms with Crippen LogP contribution in [0.5, 0.6) is 0 Å². The second-order valence-electron chi connectivity index (χ2n) is 20.4. The third-order valence-electron chi connectivity index (χ3n) is 15.1. The van der Waals surface area contributed by atoms with E-state index in [4.69, 9.17) is 15.7 Å². The van der Waals surface area contributed by atoms with Crippen LogP contribution < -0.4 is 21.3 Å². The van der Waals surface area contributed by atoms with E-state index in [9.17, 15) is 14.4 Å². The summed E-state index contributed by atoms with van der Waals surface area (Å²) in [6.07, 6.45) is 11.7. The maximum atomic E-state index is 15.8. The average molecular weight is 903 g/mol. The summed E-state index contributed by atoms with van der Waals surface area (Å²) in [6.45, 7) is 14.8. The summed E-state index contributed by atoms with van der Waals surface area (Å²) in [7, 11) is 0. The summed E-state index contributed by atoms with van der Waals surface area (Å²) in [6, 6.07) is 11.6. The molecule has 5 aliphatic rings. The number of fused-ring (bicyclic) bond motifs is 3. The standard InChI is InChI=1S/C51H67FN10O4/c1-31(2)55-49(65)38-26-42(40(52)22-33(38)5)57-48-47-43(54-30-61(47)32(3)4)27-41(56-48)35-12-13-39-44(23-35)62(37-24-36(25-37)59-18-7-6-8-19-59)50(66)51(39)15-20-60(21-16-51)46(64)14-11-34-10-9-17-58(28-34)29-45(53)63/h12-13,22-23,26-27,30-32,34,36-37H,6-11,14-21,24-25,28-29H2,1-5H3,(H2,53,63)(H,55,65)(H,56,57). The first-order chi connectivity index (χ1) is 31.7. The Balaban J connectivity index is 1.01. The second kappa shape index (κ2) is 18.7. The molecule has 0 bridgehead atoms. The number of nitrogens with one attached hydrogen (secondary N) is 2. The number of anilines is 3. The van der Waals surface area contributed by atoms with Gasteiger partial charge in [0.2, 0.25) is 17.7 Å². The van der Waals surface area contributed by atoms with Gasteiger partial charge in [-0.1, -0.05) is 18.6 Å². The van der Waals surface area contributed by atoms with Gasteiger partial charge in [0.25, 0.3) is 5.91 Å². The Kier molecular flexibility index (Phi) is 13.0. The number of aryl methyl sites for hydroxylation is 1. The van der Waals surface area contributed by atoms with Crippen molar-refractivity contribution in [1.82, 2.24) is 34.6 Å². The van der Waals surface area contributed by atoms with Gasteiger partial charge in [0.05, 0.1) is 35.2 Å². The molecule has 1 unspecified atom stereocenters. The van der Waals surface area contributed by atoms with E-state index in [2.05, 4.69) is 51.3 Å². The van der Waals surface area contributed by atoms with Crippen molar-refractivity contribution >= 4 is 51.9 Å².